The Bertz CT molecular complexity index is 795. The molecule has 1 aliphatic heterocycles. The highest BCUT2D eigenvalue weighted by Crippen LogP contribution is 2.16. The zero-order valence-electron chi connectivity index (χ0n) is 15.4. The number of aromatic nitrogens is 2. The first-order chi connectivity index (χ1) is 12.1. The molecule has 6 heteroatoms. The molecule has 1 aromatic heterocycles. The van der Waals surface area contributed by atoms with Gasteiger partial charge in [-0.05, 0) is 50.7 Å². The lowest BCUT2D eigenvalue weighted by molar-refractivity contribution is 0.205. The topological polar surface area (TPSA) is 42.5 Å². The fourth-order valence-electron chi connectivity index (χ4n) is 3.27. The van der Waals surface area contributed by atoms with Gasteiger partial charge < -0.3 is 0 Å². The lowest BCUT2D eigenvalue weighted by Crippen LogP contribution is -2.36. The smallest absolute Gasteiger partial charge is 0.299 e. The summed E-state index contributed by atoms with van der Waals surface area (Å²) >= 11 is 1.50. The van der Waals surface area contributed by atoms with E-state index in [-0.39, 0.29) is 11.7 Å². The first-order valence-corrected chi connectivity index (χ1v) is 9.98. The SMILES string of the molecule is CCn1c(=NC2CCN(Cc3ccccc3)CC2)sn(C(C)C)c1=O. The van der Waals surface area contributed by atoms with E-state index in [1.807, 2.05) is 24.7 Å². The van der Waals surface area contributed by atoms with E-state index in [4.69, 9.17) is 4.99 Å². The van der Waals surface area contributed by atoms with E-state index < -0.39 is 0 Å². The van der Waals surface area contributed by atoms with Crippen LogP contribution in [0.4, 0.5) is 0 Å². The van der Waals surface area contributed by atoms with Gasteiger partial charge in [0, 0.05) is 32.2 Å². The molecule has 1 fully saturated rings. The van der Waals surface area contributed by atoms with E-state index in [1.54, 1.807) is 4.57 Å². The van der Waals surface area contributed by atoms with E-state index in [1.165, 1.54) is 17.1 Å². The molecule has 0 saturated carbocycles. The van der Waals surface area contributed by atoms with Crippen LogP contribution in [0.15, 0.2) is 40.1 Å². The number of hydrogen-bond donors (Lipinski definition) is 0. The van der Waals surface area contributed by atoms with Crippen LogP contribution in [0, 0.1) is 0 Å². The number of benzene rings is 1. The van der Waals surface area contributed by atoms with E-state index in [0.717, 1.165) is 37.3 Å². The maximum atomic E-state index is 12.4. The highest BCUT2D eigenvalue weighted by Gasteiger charge is 2.19. The van der Waals surface area contributed by atoms with Crippen molar-refractivity contribution in [3.8, 4) is 0 Å². The van der Waals surface area contributed by atoms with Crippen LogP contribution in [0.2, 0.25) is 0 Å². The summed E-state index contributed by atoms with van der Waals surface area (Å²) in [4.78, 5) is 20.7. The van der Waals surface area contributed by atoms with Crippen LogP contribution >= 0.6 is 11.5 Å². The van der Waals surface area contributed by atoms with Crippen LogP contribution < -0.4 is 10.5 Å². The van der Waals surface area contributed by atoms with Gasteiger partial charge in [-0.2, -0.15) is 0 Å². The lowest BCUT2D eigenvalue weighted by atomic mass is 10.1. The van der Waals surface area contributed by atoms with Gasteiger partial charge >= 0.3 is 5.69 Å². The summed E-state index contributed by atoms with van der Waals surface area (Å²) < 4.78 is 3.63. The Morgan fingerprint density at radius 1 is 1.20 bits per heavy atom. The largest absolute Gasteiger partial charge is 0.340 e. The van der Waals surface area contributed by atoms with Crippen molar-refractivity contribution < 1.29 is 0 Å². The minimum Gasteiger partial charge on any atom is -0.299 e. The fourth-order valence-corrected chi connectivity index (χ4v) is 4.34. The molecule has 0 radical (unpaired) electrons. The van der Waals surface area contributed by atoms with Crippen LogP contribution in [-0.2, 0) is 13.1 Å². The fraction of sp³-hybridized carbons (Fsp3) is 0.579. The molecule has 25 heavy (non-hydrogen) atoms. The molecule has 1 aliphatic rings. The second kappa shape index (κ2) is 8.15. The maximum Gasteiger partial charge on any atom is 0.340 e. The van der Waals surface area contributed by atoms with Gasteiger partial charge in [0.1, 0.15) is 0 Å². The molecule has 0 aliphatic carbocycles. The van der Waals surface area contributed by atoms with E-state index >= 15 is 0 Å². The second-order valence-electron chi connectivity index (χ2n) is 6.94. The van der Waals surface area contributed by atoms with Crippen LogP contribution in [-0.4, -0.2) is 32.6 Å². The predicted octanol–water partition coefficient (Wildman–Crippen LogP) is 2.88. The van der Waals surface area contributed by atoms with Crippen molar-refractivity contribution in [1.82, 2.24) is 13.4 Å². The van der Waals surface area contributed by atoms with Gasteiger partial charge in [0.15, 0.2) is 0 Å². The predicted molar refractivity (Wildman–Crippen MR) is 103 cm³/mol. The molecular weight excluding hydrogens is 332 g/mol. The standard InChI is InChI=1S/C19H28N4OS/c1-4-22-18(25-23(15(2)3)19(22)24)20-17-10-12-21(13-11-17)14-16-8-6-5-7-9-16/h5-9,15,17H,4,10-14H2,1-3H3. The number of likely N-dealkylation sites (tertiary alicyclic amines) is 1. The summed E-state index contributed by atoms with van der Waals surface area (Å²) in [6.45, 7) is 9.93. The van der Waals surface area contributed by atoms with Crippen LogP contribution in [0.3, 0.4) is 0 Å². The Hall–Kier alpha value is -1.66. The zero-order valence-corrected chi connectivity index (χ0v) is 16.2. The Morgan fingerprint density at radius 2 is 1.88 bits per heavy atom. The molecule has 0 spiro atoms. The summed E-state index contributed by atoms with van der Waals surface area (Å²) in [7, 11) is 0. The van der Waals surface area contributed by atoms with Crippen molar-refractivity contribution in [2.45, 2.75) is 58.8 Å². The third-order valence-corrected chi connectivity index (χ3v) is 5.98. The van der Waals surface area contributed by atoms with Crippen molar-refractivity contribution in [2.24, 2.45) is 4.99 Å². The molecule has 3 rings (SSSR count). The van der Waals surface area contributed by atoms with E-state index in [2.05, 4.69) is 35.2 Å². The second-order valence-corrected chi connectivity index (χ2v) is 7.88. The van der Waals surface area contributed by atoms with Gasteiger partial charge in [0.05, 0.1) is 6.04 Å². The Kier molecular flexibility index (Phi) is 5.91. The molecule has 0 unspecified atom stereocenters. The molecule has 2 aromatic rings. The molecule has 5 nitrogen and oxygen atoms in total. The van der Waals surface area contributed by atoms with Crippen molar-refractivity contribution >= 4 is 11.5 Å². The minimum absolute atomic E-state index is 0.0720. The summed E-state index contributed by atoms with van der Waals surface area (Å²) in [5.41, 5.74) is 1.44. The molecule has 0 atom stereocenters. The summed E-state index contributed by atoms with van der Waals surface area (Å²) in [5, 5.41) is 0. The normalized spacial score (nSPS) is 17.5. The van der Waals surface area contributed by atoms with Crippen molar-refractivity contribution in [3.05, 3.63) is 51.2 Å². The first-order valence-electron chi connectivity index (χ1n) is 9.21. The van der Waals surface area contributed by atoms with Gasteiger partial charge in [-0.1, -0.05) is 30.3 Å². The third kappa shape index (κ3) is 4.30. The molecule has 2 heterocycles. The maximum absolute atomic E-state index is 12.4. The van der Waals surface area contributed by atoms with Crippen molar-refractivity contribution in [2.75, 3.05) is 13.1 Å². The number of rotatable bonds is 5. The number of nitrogens with zero attached hydrogens (tertiary/aromatic N) is 4. The quantitative estimate of drug-likeness (QED) is 0.823. The molecule has 1 saturated heterocycles. The molecular formula is C19H28N4OS. The Balaban J connectivity index is 1.68. The van der Waals surface area contributed by atoms with Crippen LogP contribution in [0.5, 0.6) is 0 Å². The van der Waals surface area contributed by atoms with Crippen molar-refractivity contribution in [1.29, 1.82) is 0 Å². The molecule has 136 valence electrons. The Labute approximate surface area is 153 Å². The highest BCUT2D eigenvalue weighted by molar-refractivity contribution is 7.03. The third-order valence-electron chi connectivity index (χ3n) is 4.71. The van der Waals surface area contributed by atoms with Gasteiger partial charge in [0.2, 0.25) is 4.80 Å². The number of piperidine rings is 1. The molecule has 0 amide bonds. The van der Waals surface area contributed by atoms with Crippen LogP contribution in [0.1, 0.15) is 45.2 Å². The Morgan fingerprint density at radius 3 is 2.48 bits per heavy atom. The zero-order chi connectivity index (χ0) is 17.8. The molecule has 0 bridgehead atoms. The summed E-state index contributed by atoms with van der Waals surface area (Å²) in [5.74, 6) is 0. The van der Waals surface area contributed by atoms with Gasteiger partial charge in [0.25, 0.3) is 0 Å². The number of hydrogen-bond acceptors (Lipinski definition) is 4. The van der Waals surface area contributed by atoms with E-state index in [0.29, 0.717) is 12.6 Å². The van der Waals surface area contributed by atoms with Crippen LogP contribution in [0.25, 0.3) is 0 Å². The highest BCUT2D eigenvalue weighted by atomic mass is 32.1. The average Bonchev–Trinajstić information content (AvgIpc) is 2.93. The minimum atomic E-state index is 0.0720. The molecule has 1 aromatic carbocycles. The van der Waals surface area contributed by atoms with Gasteiger partial charge in [-0.25, -0.2) is 8.75 Å². The summed E-state index contributed by atoms with van der Waals surface area (Å²) in [6, 6.07) is 11.1. The first kappa shape index (κ1) is 18.1. The summed E-state index contributed by atoms with van der Waals surface area (Å²) in [6.07, 6.45) is 2.12. The monoisotopic (exact) mass is 360 g/mol. The molecule has 0 N–H and O–H groups in total. The van der Waals surface area contributed by atoms with Gasteiger partial charge in [-0.15, -0.1) is 0 Å². The van der Waals surface area contributed by atoms with Crippen molar-refractivity contribution in [3.63, 3.8) is 0 Å². The average molecular weight is 361 g/mol. The lowest BCUT2D eigenvalue weighted by Gasteiger charge is -2.30. The van der Waals surface area contributed by atoms with E-state index in [9.17, 15) is 4.79 Å². The van der Waals surface area contributed by atoms with Gasteiger partial charge in [-0.3, -0.25) is 14.5 Å².